The third kappa shape index (κ3) is 5.87. The highest BCUT2D eigenvalue weighted by Gasteiger charge is 2.14. The lowest BCUT2D eigenvalue weighted by Crippen LogP contribution is -2.13. The van der Waals surface area contributed by atoms with Gasteiger partial charge in [-0.3, -0.25) is 14.9 Å². The third-order valence-corrected chi connectivity index (χ3v) is 5.69. The molecule has 154 valence electrons. The molecule has 3 aromatic rings. The zero-order valence-corrected chi connectivity index (χ0v) is 19.2. The molecule has 0 aliphatic carbocycles. The van der Waals surface area contributed by atoms with Gasteiger partial charge < -0.3 is 5.32 Å². The number of hydrogen-bond acceptors (Lipinski definition) is 4. The van der Waals surface area contributed by atoms with Crippen molar-refractivity contribution in [2.75, 3.05) is 5.32 Å². The second kappa shape index (κ2) is 10.2. The summed E-state index contributed by atoms with van der Waals surface area (Å²) in [6, 6.07) is 21.0. The molecule has 0 unspecified atom stereocenters. The average molecular weight is 541 g/mol. The van der Waals surface area contributed by atoms with Gasteiger partial charge in [-0.2, -0.15) is 5.26 Å². The summed E-state index contributed by atoms with van der Waals surface area (Å²) in [7, 11) is 0. The fourth-order valence-electron chi connectivity index (χ4n) is 2.91. The standard InChI is InChI=1S/C23H15Br2N3O3/c24-19-9-8-15(10-16-4-1-2-7-22(16)25)17(12-19)11-18(14-26)23(29)27-20-5-3-6-21(13-20)28(30)31/h1-9,11-13H,10H2,(H,27,29)/b18-11+. The van der Waals surface area contributed by atoms with E-state index in [-0.39, 0.29) is 16.9 Å². The average Bonchev–Trinajstić information content (AvgIpc) is 2.75. The first-order valence-corrected chi connectivity index (χ1v) is 10.7. The molecule has 0 atom stereocenters. The van der Waals surface area contributed by atoms with Crippen LogP contribution in [0.15, 0.2) is 81.2 Å². The molecule has 3 aromatic carbocycles. The van der Waals surface area contributed by atoms with Crippen molar-refractivity contribution in [1.29, 1.82) is 5.26 Å². The van der Waals surface area contributed by atoms with Gasteiger partial charge in [-0.1, -0.05) is 62.2 Å². The first-order chi connectivity index (χ1) is 14.9. The molecule has 1 amide bonds. The Hall–Kier alpha value is -3.28. The fraction of sp³-hybridized carbons (Fsp3) is 0.0435. The van der Waals surface area contributed by atoms with E-state index in [1.807, 2.05) is 48.5 Å². The number of nitrogens with one attached hydrogen (secondary N) is 1. The molecule has 0 saturated heterocycles. The Bertz CT molecular complexity index is 1230. The van der Waals surface area contributed by atoms with E-state index in [4.69, 9.17) is 0 Å². The van der Waals surface area contributed by atoms with E-state index in [1.54, 1.807) is 0 Å². The van der Waals surface area contributed by atoms with Crippen LogP contribution in [-0.4, -0.2) is 10.8 Å². The molecule has 0 aliphatic heterocycles. The number of amides is 1. The molecule has 0 fully saturated rings. The lowest BCUT2D eigenvalue weighted by molar-refractivity contribution is -0.384. The minimum Gasteiger partial charge on any atom is -0.321 e. The normalized spacial score (nSPS) is 10.9. The van der Waals surface area contributed by atoms with Crippen LogP contribution in [0.5, 0.6) is 0 Å². The Labute approximate surface area is 195 Å². The lowest BCUT2D eigenvalue weighted by atomic mass is 9.98. The van der Waals surface area contributed by atoms with Crippen LogP contribution in [0.1, 0.15) is 16.7 Å². The number of carbonyl (C=O) groups is 1. The van der Waals surface area contributed by atoms with Crippen LogP contribution >= 0.6 is 31.9 Å². The Morgan fingerprint density at radius 2 is 1.84 bits per heavy atom. The van der Waals surface area contributed by atoms with Crippen LogP contribution in [-0.2, 0) is 11.2 Å². The number of rotatable bonds is 6. The van der Waals surface area contributed by atoms with E-state index in [0.717, 1.165) is 25.6 Å². The summed E-state index contributed by atoms with van der Waals surface area (Å²) in [5.74, 6) is -0.644. The molecule has 0 bridgehead atoms. The van der Waals surface area contributed by atoms with E-state index in [0.29, 0.717) is 6.42 Å². The zero-order valence-electron chi connectivity index (χ0n) is 16.0. The maximum absolute atomic E-state index is 12.6. The second-order valence-corrected chi connectivity index (χ2v) is 8.31. The van der Waals surface area contributed by atoms with Gasteiger partial charge in [-0.05, 0) is 53.5 Å². The monoisotopic (exact) mass is 539 g/mol. The number of benzene rings is 3. The summed E-state index contributed by atoms with van der Waals surface area (Å²) < 4.78 is 1.78. The quantitative estimate of drug-likeness (QED) is 0.173. The van der Waals surface area contributed by atoms with Crippen molar-refractivity contribution >= 4 is 55.2 Å². The third-order valence-electron chi connectivity index (χ3n) is 4.43. The van der Waals surface area contributed by atoms with Gasteiger partial charge in [0.15, 0.2) is 0 Å². The molecule has 6 nitrogen and oxygen atoms in total. The number of nitriles is 1. The molecule has 0 radical (unpaired) electrons. The number of carbonyl (C=O) groups excluding carboxylic acids is 1. The molecule has 0 spiro atoms. The Morgan fingerprint density at radius 1 is 1.06 bits per heavy atom. The zero-order chi connectivity index (χ0) is 22.4. The van der Waals surface area contributed by atoms with E-state index in [9.17, 15) is 20.2 Å². The number of non-ortho nitro benzene ring substituents is 1. The van der Waals surface area contributed by atoms with Crippen molar-refractivity contribution in [1.82, 2.24) is 0 Å². The van der Waals surface area contributed by atoms with Crippen LogP contribution in [0, 0.1) is 21.4 Å². The molecule has 3 rings (SSSR count). The van der Waals surface area contributed by atoms with Gasteiger partial charge in [-0.25, -0.2) is 0 Å². The fourth-order valence-corrected chi connectivity index (χ4v) is 3.71. The van der Waals surface area contributed by atoms with Gasteiger partial charge in [0.1, 0.15) is 11.6 Å². The molecule has 0 heterocycles. The van der Waals surface area contributed by atoms with Gasteiger partial charge in [0.2, 0.25) is 0 Å². The van der Waals surface area contributed by atoms with Crippen LogP contribution in [0.25, 0.3) is 6.08 Å². The highest BCUT2D eigenvalue weighted by Crippen LogP contribution is 2.26. The molecule has 0 aromatic heterocycles. The van der Waals surface area contributed by atoms with Crippen molar-refractivity contribution in [3.05, 3.63) is 108 Å². The van der Waals surface area contributed by atoms with Crippen LogP contribution in [0.2, 0.25) is 0 Å². The Morgan fingerprint density at radius 3 is 2.55 bits per heavy atom. The van der Waals surface area contributed by atoms with Crippen molar-refractivity contribution in [2.24, 2.45) is 0 Å². The van der Waals surface area contributed by atoms with Crippen molar-refractivity contribution in [3.8, 4) is 6.07 Å². The highest BCUT2D eigenvalue weighted by atomic mass is 79.9. The van der Waals surface area contributed by atoms with Gasteiger partial charge in [-0.15, -0.1) is 0 Å². The summed E-state index contributed by atoms with van der Waals surface area (Å²) in [5, 5.41) is 23.0. The summed E-state index contributed by atoms with van der Waals surface area (Å²) in [4.78, 5) is 23.0. The highest BCUT2D eigenvalue weighted by molar-refractivity contribution is 9.10. The minimum atomic E-state index is -0.644. The molecular formula is C23H15Br2N3O3. The van der Waals surface area contributed by atoms with Gasteiger partial charge in [0, 0.05) is 26.8 Å². The summed E-state index contributed by atoms with van der Waals surface area (Å²) >= 11 is 6.98. The van der Waals surface area contributed by atoms with Crippen LogP contribution in [0.3, 0.4) is 0 Å². The van der Waals surface area contributed by atoms with Crippen molar-refractivity contribution in [3.63, 3.8) is 0 Å². The van der Waals surface area contributed by atoms with Crippen molar-refractivity contribution in [2.45, 2.75) is 6.42 Å². The summed E-state index contributed by atoms with van der Waals surface area (Å²) in [5.41, 5.74) is 2.70. The molecule has 0 aliphatic rings. The summed E-state index contributed by atoms with van der Waals surface area (Å²) in [6.07, 6.45) is 2.12. The predicted molar refractivity (Wildman–Crippen MR) is 126 cm³/mol. The first-order valence-electron chi connectivity index (χ1n) is 9.07. The van der Waals surface area contributed by atoms with Crippen LogP contribution in [0.4, 0.5) is 11.4 Å². The Balaban J connectivity index is 1.91. The maximum Gasteiger partial charge on any atom is 0.271 e. The number of anilines is 1. The molecule has 1 N–H and O–H groups in total. The van der Waals surface area contributed by atoms with Gasteiger partial charge in [0.05, 0.1) is 4.92 Å². The Kier molecular flexibility index (Phi) is 7.34. The van der Waals surface area contributed by atoms with Gasteiger partial charge in [0.25, 0.3) is 11.6 Å². The van der Waals surface area contributed by atoms with E-state index < -0.39 is 10.8 Å². The second-order valence-electron chi connectivity index (χ2n) is 6.54. The smallest absolute Gasteiger partial charge is 0.271 e. The number of nitrogens with zero attached hydrogens (tertiary/aromatic N) is 2. The topological polar surface area (TPSA) is 96.0 Å². The lowest BCUT2D eigenvalue weighted by Gasteiger charge is -2.10. The molecule has 8 heteroatoms. The van der Waals surface area contributed by atoms with Crippen molar-refractivity contribution < 1.29 is 9.72 Å². The molecular weight excluding hydrogens is 526 g/mol. The SMILES string of the molecule is N#C/C(=C\c1cc(Br)ccc1Cc1ccccc1Br)C(=O)Nc1cccc([N+](=O)[O-])c1. The predicted octanol–water partition coefficient (Wildman–Crippen LogP) is 6.26. The maximum atomic E-state index is 12.6. The molecule has 31 heavy (non-hydrogen) atoms. The largest absolute Gasteiger partial charge is 0.321 e. The van der Waals surface area contributed by atoms with E-state index in [1.165, 1.54) is 30.3 Å². The van der Waals surface area contributed by atoms with Crippen LogP contribution < -0.4 is 5.32 Å². The van der Waals surface area contributed by atoms with E-state index >= 15 is 0 Å². The number of nitro benzene ring substituents is 1. The number of halogens is 2. The summed E-state index contributed by atoms with van der Waals surface area (Å²) in [6.45, 7) is 0. The minimum absolute atomic E-state index is 0.113. The molecule has 0 saturated carbocycles. The number of nitro groups is 1. The number of hydrogen-bond donors (Lipinski definition) is 1. The first kappa shape index (κ1) is 22.4. The van der Waals surface area contributed by atoms with E-state index in [2.05, 4.69) is 37.2 Å². The van der Waals surface area contributed by atoms with Gasteiger partial charge >= 0.3 is 0 Å².